The summed E-state index contributed by atoms with van der Waals surface area (Å²) in [5.41, 5.74) is 2.42. The SMILES string of the molecule is O=C(Nc1ccc(N2CCCN(C(=O)c3ccco3)CC2)c(C(=O)N2CCCCC2)c1)c1ccc(Cl)cc1. The van der Waals surface area contributed by atoms with Gasteiger partial charge in [-0.05, 0) is 80.3 Å². The van der Waals surface area contributed by atoms with Gasteiger partial charge in [-0.15, -0.1) is 0 Å². The fourth-order valence-corrected chi connectivity index (χ4v) is 5.18. The molecule has 0 radical (unpaired) electrons. The quantitative estimate of drug-likeness (QED) is 0.488. The summed E-state index contributed by atoms with van der Waals surface area (Å²) in [4.78, 5) is 45.2. The number of nitrogens with zero attached hydrogens (tertiary/aromatic N) is 3. The first-order chi connectivity index (χ1) is 18.5. The molecular weight excluding hydrogens is 504 g/mol. The fraction of sp³-hybridized carbons (Fsp3) is 0.345. The molecule has 3 amide bonds. The third kappa shape index (κ3) is 5.86. The van der Waals surface area contributed by atoms with Crippen molar-refractivity contribution >= 4 is 40.7 Å². The molecule has 0 aliphatic carbocycles. The Labute approximate surface area is 227 Å². The van der Waals surface area contributed by atoms with E-state index in [0.29, 0.717) is 53.8 Å². The van der Waals surface area contributed by atoms with Crippen LogP contribution in [0.3, 0.4) is 0 Å². The summed E-state index contributed by atoms with van der Waals surface area (Å²) in [5.74, 6) is -0.0929. The lowest BCUT2D eigenvalue weighted by Gasteiger charge is -2.30. The molecule has 2 fully saturated rings. The van der Waals surface area contributed by atoms with Gasteiger partial charge in [-0.2, -0.15) is 0 Å². The van der Waals surface area contributed by atoms with Crippen LogP contribution in [0.1, 0.15) is 57.0 Å². The predicted octanol–water partition coefficient (Wildman–Crippen LogP) is 5.16. The van der Waals surface area contributed by atoms with Crippen molar-refractivity contribution in [2.24, 2.45) is 0 Å². The number of piperidine rings is 1. The van der Waals surface area contributed by atoms with Crippen LogP contribution in [0.25, 0.3) is 0 Å². The van der Waals surface area contributed by atoms with Crippen LogP contribution in [-0.2, 0) is 0 Å². The van der Waals surface area contributed by atoms with E-state index < -0.39 is 0 Å². The third-order valence-corrected chi connectivity index (χ3v) is 7.34. The van der Waals surface area contributed by atoms with Gasteiger partial charge in [0.1, 0.15) is 0 Å². The average Bonchev–Trinajstić information content (AvgIpc) is 3.38. The van der Waals surface area contributed by atoms with Gasteiger partial charge in [0.05, 0.1) is 11.8 Å². The van der Waals surface area contributed by atoms with Crippen LogP contribution in [0.4, 0.5) is 11.4 Å². The Bertz CT molecular complexity index is 1290. The molecule has 0 atom stereocenters. The molecule has 2 saturated heterocycles. The summed E-state index contributed by atoms with van der Waals surface area (Å²) in [6.07, 6.45) is 5.37. The molecule has 5 rings (SSSR count). The zero-order valence-electron chi connectivity index (χ0n) is 21.2. The number of hydrogen-bond donors (Lipinski definition) is 1. The van der Waals surface area contributed by atoms with Crippen molar-refractivity contribution in [3.63, 3.8) is 0 Å². The second kappa shape index (κ2) is 11.7. The number of nitrogens with one attached hydrogen (secondary N) is 1. The highest BCUT2D eigenvalue weighted by Gasteiger charge is 2.27. The number of likely N-dealkylation sites (tertiary alicyclic amines) is 1. The second-order valence-corrected chi connectivity index (χ2v) is 10.1. The minimum Gasteiger partial charge on any atom is -0.459 e. The van der Waals surface area contributed by atoms with Crippen molar-refractivity contribution < 1.29 is 18.8 Å². The van der Waals surface area contributed by atoms with E-state index >= 15 is 0 Å². The summed E-state index contributed by atoms with van der Waals surface area (Å²) < 4.78 is 5.31. The van der Waals surface area contributed by atoms with Gasteiger partial charge in [0.25, 0.3) is 17.7 Å². The van der Waals surface area contributed by atoms with Crippen LogP contribution in [0, 0.1) is 0 Å². The van der Waals surface area contributed by atoms with Gasteiger partial charge in [0.15, 0.2) is 5.76 Å². The maximum Gasteiger partial charge on any atom is 0.289 e. The summed E-state index contributed by atoms with van der Waals surface area (Å²) in [5, 5.41) is 3.48. The number of amides is 3. The molecule has 2 aromatic carbocycles. The first kappa shape index (κ1) is 25.9. The van der Waals surface area contributed by atoms with Crippen LogP contribution in [-0.4, -0.2) is 66.8 Å². The zero-order valence-corrected chi connectivity index (χ0v) is 22.0. The van der Waals surface area contributed by atoms with Crippen LogP contribution in [0.5, 0.6) is 0 Å². The van der Waals surface area contributed by atoms with Gasteiger partial charge in [-0.25, -0.2) is 0 Å². The molecule has 3 heterocycles. The summed E-state index contributed by atoms with van der Waals surface area (Å²) >= 11 is 5.96. The van der Waals surface area contributed by atoms with Gasteiger partial charge in [-0.1, -0.05) is 11.6 Å². The Hall–Kier alpha value is -3.78. The van der Waals surface area contributed by atoms with E-state index in [0.717, 1.165) is 44.5 Å². The number of furan rings is 1. The van der Waals surface area contributed by atoms with Crippen LogP contribution in [0.15, 0.2) is 65.3 Å². The normalized spacial score (nSPS) is 16.2. The predicted molar refractivity (Wildman–Crippen MR) is 147 cm³/mol. The maximum absolute atomic E-state index is 13.7. The number of benzene rings is 2. The van der Waals surface area contributed by atoms with E-state index in [1.54, 1.807) is 47.4 Å². The molecule has 1 N–H and O–H groups in total. The number of halogens is 1. The van der Waals surface area contributed by atoms with Crippen molar-refractivity contribution in [2.45, 2.75) is 25.7 Å². The molecule has 2 aliphatic rings. The number of hydrogen-bond acceptors (Lipinski definition) is 5. The molecule has 0 saturated carbocycles. The molecule has 0 unspecified atom stereocenters. The molecule has 2 aliphatic heterocycles. The van der Waals surface area contributed by atoms with Crippen molar-refractivity contribution in [1.29, 1.82) is 0 Å². The number of anilines is 2. The zero-order chi connectivity index (χ0) is 26.5. The van der Waals surface area contributed by atoms with Gasteiger partial charge in [-0.3, -0.25) is 14.4 Å². The molecular formula is C29H31ClN4O4. The highest BCUT2D eigenvalue weighted by atomic mass is 35.5. The lowest BCUT2D eigenvalue weighted by molar-refractivity contribution is 0.0720. The third-order valence-electron chi connectivity index (χ3n) is 7.09. The Morgan fingerprint density at radius 3 is 2.24 bits per heavy atom. The van der Waals surface area contributed by atoms with Crippen molar-refractivity contribution in [3.8, 4) is 0 Å². The minimum atomic E-state index is -0.271. The highest BCUT2D eigenvalue weighted by Crippen LogP contribution is 2.29. The molecule has 9 heteroatoms. The van der Waals surface area contributed by atoms with Gasteiger partial charge >= 0.3 is 0 Å². The van der Waals surface area contributed by atoms with Crippen LogP contribution < -0.4 is 10.2 Å². The number of rotatable bonds is 5. The van der Waals surface area contributed by atoms with Crippen LogP contribution >= 0.6 is 11.6 Å². The molecule has 0 spiro atoms. The average molecular weight is 535 g/mol. The summed E-state index contributed by atoms with van der Waals surface area (Å²) in [7, 11) is 0. The molecule has 8 nitrogen and oxygen atoms in total. The van der Waals surface area contributed by atoms with Crippen molar-refractivity contribution in [1.82, 2.24) is 9.80 Å². The summed E-state index contributed by atoms with van der Waals surface area (Å²) in [6, 6.07) is 15.6. The first-order valence-electron chi connectivity index (χ1n) is 13.1. The van der Waals surface area contributed by atoms with Crippen molar-refractivity contribution in [3.05, 3.63) is 82.8 Å². The Kier molecular flexibility index (Phi) is 7.98. The monoisotopic (exact) mass is 534 g/mol. The molecule has 3 aromatic rings. The first-order valence-corrected chi connectivity index (χ1v) is 13.5. The van der Waals surface area contributed by atoms with Gasteiger partial charge in [0.2, 0.25) is 0 Å². The number of carbonyl (C=O) groups is 3. The highest BCUT2D eigenvalue weighted by molar-refractivity contribution is 6.30. The van der Waals surface area contributed by atoms with Crippen molar-refractivity contribution in [2.75, 3.05) is 49.5 Å². The topological polar surface area (TPSA) is 86.1 Å². The Balaban J connectivity index is 1.38. The van der Waals surface area contributed by atoms with E-state index in [2.05, 4.69) is 10.2 Å². The van der Waals surface area contributed by atoms with E-state index in [4.69, 9.17) is 16.0 Å². The van der Waals surface area contributed by atoms with Crippen LogP contribution in [0.2, 0.25) is 5.02 Å². The summed E-state index contributed by atoms with van der Waals surface area (Å²) in [6.45, 7) is 3.88. The molecule has 198 valence electrons. The largest absolute Gasteiger partial charge is 0.459 e. The van der Waals surface area contributed by atoms with Gasteiger partial charge in [0, 0.05) is 61.2 Å². The maximum atomic E-state index is 13.7. The standard InChI is InChI=1S/C29H31ClN4O4/c30-22-9-7-21(8-10-22)27(35)31-23-11-12-25(24(20-23)28(36)33-13-2-1-3-14-33)32-15-5-16-34(18-17-32)29(37)26-6-4-19-38-26/h4,6-12,19-20H,1-3,5,13-18H2,(H,31,35). The minimum absolute atomic E-state index is 0.0324. The van der Waals surface area contributed by atoms with E-state index in [1.165, 1.54) is 6.26 Å². The van der Waals surface area contributed by atoms with E-state index in [1.807, 2.05) is 17.0 Å². The van der Waals surface area contributed by atoms with E-state index in [-0.39, 0.29) is 17.7 Å². The molecule has 1 aromatic heterocycles. The Morgan fingerprint density at radius 1 is 0.763 bits per heavy atom. The lowest BCUT2D eigenvalue weighted by atomic mass is 10.1. The van der Waals surface area contributed by atoms with Gasteiger partial charge < -0.3 is 24.4 Å². The lowest BCUT2D eigenvalue weighted by Crippen LogP contribution is -2.38. The smallest absolute Gasteiger partial charge is 0.289 e. The molecule has 38 heavy (non-hydrogen) atoms. The Morgan fingerprint density at radius 2 is 1.50 bits per heavy atom. The number of carbonyl (C=O) groups excluding carboxylic acids is 3. The molecule has 0 bridgehead atoms. The van der Waals surface area contributed by atoms with E-state index in [9.17, 15) is 14.4 Å². The second-order valence-electron chi connectivity index (χ2n) is 9.66. The fourth-order valence-electron chi connectivity index (χ4n) is 5.05.